The molecule has 23 heavy (non-hydrogen) atoms. The number of thiophene rings is 1. The number of benzene rings is 1. The predicted octanol–water partition coefficient (Wildman–Crippen LogP) is 3.43. The highest BCUT2D eigenvalue weighted by atomic mass is 32.1. The van der Waals surface area contributed by atoms with E-state index in [0.29, 0.717) is 23.2 Å². The smallest absolute Gasteiger partial charge is 0.270 e. The number of anilines is 1. The van der Waals surface area contributed by atoms with Crippen molar-refractivity contribution < 1.29 is 14.1 Å². The van der Waals surface area contributed by atoms with Crippen LogP contribution in [0.4, 0.5) is 5.69 Å². The summed E-state index contributed by atoms with van der Waals surface area (Å²) in [6.45, 7) is 3.67. The molecule has 0 saturated carbocycles. The van der Waals surface area contributed by atoms with Crippen molar-refractivity contribution >= 4 is 22.9 Å². The fourth-order valence-corrected chi connectivity index (χ4v) is 2.70. The van der Waals surface area contributed by atoms with Gasteiger partial charge in [-0.25, -0.2) is 0 Å². The molecule has 118 valence electrons. The zero-order valence-corrected chi connectivity index (χ0v) is 13.5. The van der Waals surface area contributed by atoms with Gasteiger partial charge in [0.15, 0.2) is 12.4 Å². The minimum atomic E-state index is -0.249. The standard InChI is InChI=1S/C16H15N3O3S/c1-10-3-5-12(6-4-10)21-9-14(20)18-13-7-8-23-15(13)16-17-11(2)19-22-16/h3-8H,9H2,1-2H3,(H,18,20). The second-order valence-electron chi connectivity index (χ2n) is 4.96. The molecule has 7 heteroatoms. The maximum absolute atomic E-state index is 12.0. The van der Waals surface area contributed by atoms with Gasteiger partial charge in [0.1, 0.15) is 10.6 Å². The van der Waals surface area contributed by atoms with E-state index >= 15 is 0 Å². The Morgan fingerprint density at radius 3 is 2.74 bits per heavy atom. The van der Waals surface area contributed by atoms with Gasteiger partial charge in [0, 0.05) is 0 Å². The lowest BCUT2D eigenvalue weighted by molar-refractivity contribution is -0.118. The van der Waals surface area contributed by atoms with Gasteiger partial charge < -0.3 is 14.6 Å². The molecule has 0 bridgehead atoms. The predicted molar refractivity (Wildman–Crippen MR) is 87.7 cm³/mol. The number of hydrogen-bond acceptors (Lipinski definition) is 6. The average Bonchev–Trinajstić information content (AvgIpc) is 3.15. The lowest BCUT2D eigenvalue weighted by Gasteiger charge is -2.07. The quantitative estimate of drug-likeness (QED) is 0.776. The number of nitrogens with zero attached hydrogens (tertiary/aromatic N) is 2. The van der Waals surface area contributed by atoms with Gasteiger partial charge in [-0.05, 0) is 37.4 Å². The highest BCUT2D eigenvalue weighted by Gasteiger charge is 2.15. The average molecular weight is 329 g/mol. The number of amides is 1. The van der Waals surface area contributed by atoms with Crippen molar-refractivity contribution in [2.24, 2.45) is 0 Å². The van der Waals surface area contributed by atoms with E-state index in [0.717, 1.165) is 10.4 Å². The highest BCUT2D eigenvalue weighted by Crippen LogP contribution is 2.32. The van der Waals surface area contributed by atoms with Gasteiger partial charge in [-0.1, -0.05) is 22.9 Å². The van der Waals surface area contributed by atoms with Crippen LogP contribution in [-0.2, 0) is 4.79 Å². The SMILES string of the molecule is Cc1ccc(OCC(=O)Nc2ccsc2-c2nc(C)no2)cc1. The van der Waals surface area contributed by atoms with Gasteiger partial charge in [-0.15, -0.1) is 11.3 Å². The maximum atomic E-state index is 12.0. The van der Waals surface area contributed by atoms with Crippen molar-refractivity contribution in [2.45, 2.75) is 13.8 Å². The van der Waals surface area contributed by atoms with Crippen molar-refractivity contribution in [1.29, 1.82) is 0 Å². The van der Waals surface area contributed by atoms with Crippen LogP contribution in [0.1, 0.15) is 11.4 Å². The Kier molecular flexibility index (Phi) is 4.38. The van der Waals surface area contributed by atoms with Crippen molar-refractivity contribution in [2.75, 3.05) is 11.9 Å². The monoisotopic (exact) mass is 329 g/mol. The van der Waals surface area contributed by atoms with Gasteiger partial charge >= 0.3 is 0 Å². The summed E-state index contributed by atoms with van der Waals surface area (Å²) >= 11 is 1.42. The van der Waals surface area contributed by atoms with Crippen LogP contribution in [0.2, 0.25) is 0 Å². The lowest BCUT2D eigenvalue weighted by atomic mass is 10.2. The number of aromatic nitrogens is 2. The number of carbonyl (C=O) groups is 1. The molecule has 0 atom stereocenters. The largest absolute Gasteiger partial charge is 0.484 e. The molecule has 0 aliphatic rings. The molecule has 1 aromatic carbocycles. The number of carbonyl (C=O) groups excluding carboxylic acids is 1. The summed E-state index contributed by atoms with van der Waals surface area (Å²) in [7, 11) is 0. The molecule has 3 aromatic rings. The fourth-order valence-electron chi connectivity index (χ4n) is 1.93. The number of aryl methyl sites for hydroxylation is 2. The molecule has 2 heterocycles. The van der Waals surface area contributed by atoms with Gasteiger partial charge in [0.2, 0.25) is 0 Å². The number of rotatable bonds is 5. The van der Waals surface area contributed by atoms with Gasteiger partial charge in [0.25, 0.3) is 11.8 Å². The number of hydrogen-bond donors (Lipinski definition) is 1. The van der Waals surface area contributed by atoms with E-state index in [4.69, 9.17) is 9.26 Å². The second kappa shape index (κ2) is 6.62. The minimum Gasteiger partial charge on any atom is -0.484 e. The molecule has 0 saturated heterocycles. The maximum Gasteiger partial charge on any atom is 0.270 e. The van der Waals surface area contributed by atoms with E-state index in [2.05, 4.69) is 15.5 Å². The first kappa shape index (κ1) is 15.2. The molecule has 1 amide bonds. The summed E-state index contributed by atoms with van der Waals surface area (Å²) < 4.78 is 10.6. The third-order valence-electron chi connectivity index (χ3n) is 3.05. The summed E-state index contributed by atoms with van der Waals surface area (Å²) in [6.07, 6.45) is 0. The third kappa shape index (κ3) is 3.75. The zero-order chi connectivity index (χ0) is 16.2. The van der Waals surface area contributed by atoms with Gasteiger partial charge in [0.05, 0.1) is 5.69 Å². The van der Waals surface area contributed by atoms with E-state index < -0.39 is 0 Å². The Morgan fingerprint density at radius 1 is 1.26 bits per heavy atom. The van der Waals surface area contributed by atoms with Crippen LogP contribution in [0.15, 0.2) is 40.2 Å². The normalized spacial score (nSPS) is 10.5. The van der Waals surface area contributed by atoms with Crippen LogP contribution in [0, 0.1) is 13.8 Å². The first-order chi connectivity index (χ1) is 11.1. The van der Waals surface area contributed by atoms with Crippen LogP contribution in [-0.4, -0.2) is 22.7 Å². The molecule has 2 aromatic heterocycles. The minimum absolute atomic E-state index is 0.0682. The van der Waals surface area contributed by atoms with E-state index in [1.54, 1.807) is 13.0 Å². The Hall–Kier alpha value is -2.67. The first-order valence-corrected chi connectivity index (χ1v) is 7.87. The summed E-state index contributed by atoms with van der Waals surface area (Å²) in [5, 5.41) is 8.41. The van der Waals surface area contributed by atoms with E-state index in [1.807, 2.05) is 36.6 Å². The second-order valence-corrected chi connectivity index (χ2v) is 5.88. The number of nitrogens with one attached hydrogen (secondary N) is 1. The zero-order valence-electron chi connectivity index (χ0n) is 12.7. The Labute approximate surface area is 137 Å². The first-order valence-electron chi connectivity index (χ1n) is 6.99. The molecular formula is C16H15N3O3S. The molecule has 0 aliphatic heterocycles. The van der Waals surface area contributed by atoms with Crippen molar-refractivity contribution in [1.82, 2.24) is 10.1 Å². The van der Waals surface area contributed by atoms with Crippen molar-refractivity contribution in [3.8, 4) is 16.5 Å². The van der Waals surface area contributed by atoms with Crippen molar-refractivity contribution in [3.05, 3.63) is 47.1 Å². The van der Waals surface area contributed by atoms with Crippen LogP contribution < -0.4 is 10.1 Å². The lowest BCUT2D eigenvalue weighted by Crippen LogP contribution is -2.20. The third-order valence-corrected chi connectivity index (χ3v) is 3.95. The van der Waals surface area contributed by atoms with Crippen LogP contribution in [0.3, 0.4) is 0 Å². The van der Waals surface area contributed by atoms with Gasteiger partial charge in [-0.2, -0.15) is 4.98 Å². The molecular weight excluding hydrogens is 314 g/mol. The molecule has 0 radical (unpaired) electrons. The van der Waals surface area contributed by atoms with Crippen LogP contribution in [0.25, 0.3) is 10.8 Å². The summed E-state index contributed by atoms with van der Waals surface area (Å²) in [5.74, 6) is 1.35. The molecule has 3 rings (SSSR count). The Bertz CT molecular complexity index is 808. The van der Waals surface area contributed by atoms with Crippen molar-refractivity contribution in [3.63, 3.8) is 0 Å². The van der Waals surface area contributed by atoms with Gasteiger partial charge in [-0.3, -0.25) is 4.79 Å². The van der Waals surface area contributed by atoms with E-state index in [1.165, 1.54) is 11.3 Å². The van der Waals surface area contributed by atoms with E-state index in [9.17, 15) is 4.79 Å². The Morgan fingerprint density at radius 2 is 2.04 bits per heavy atom. The molecule has 6 nitrogen and oxygen atoms in total. The van der Waals surface area contributed by atoms with Crippen LogP contribution >= 0.6 is 11.3 Å². The number of ether oxygens (including phenoxy) is 1. The molecule has 0 aliphatic carbocycles. The molecule has 0 fully saturated rings. The summed E-state index contributed by atoms with van der Waals surface area (Å²) in [4.78, 5) is 16.9. The summed E-state index contributed by atoms with van der Waals surface area (Å²) in [6, 6.07) is 9.33. The topological polar surface area (TPSA) is 77.2 Å². The molecule has 1 N–H and O–H groups in total. The molecule has 0 spiro atoms. The van der Waals surface area contributed by atoms with Crippen LogP contribution in [0.5, 0.6) is 5.75 Å². The van der Waals surface area contributed by atoms with E-state index in [-0.39, 0.29) is 12.5 Å². The fraction of sp³-hybridized carbons (Fsp3) is 0.188. The Balaban J connectivity index is 1.62. The highest BCUT2D eigenvalue weighted by molar-refractivity contribution is 7.14. The molecule has 0 unspecified atom stereocenters. The summed E-state index contributed by atoms with van der Waals surface area (Å²) in [5.41, 5.74) is 1.77.